The smallest absolute Gasteiger partial charge is 0.352 e. The number of H-pyrrole nitrogens is 1. The van der Waals surface area contributed by atoms with Gasteiger partial charge in [-0.1, -0.05) is 6.08 Å². The minimum Gasteiger partial charge on any atom is -0.477 e. The second kappa shape index (κ2) is 5.20. The molecule has 1 aromatic heterocycles. The van der Waals surface area contributed by atoms with Crippen LogP contribution in [0.25, 0.3) is 0 Å². The van der Waals surface area contributed by atoms with Gasteiger partial charge in [0.2, 0.25) is 0 Å². The number of amides is 1. The summed E-state index contributed by atoms with van der Waals surface area (Å²) in [5, 5.41) is 11.5. The number of aromatic amines is 1. The van der Waals surface area contributed by atoms with Crippen molar-refractivity contribution in [3.63, 3.8) is 0 Å². The number of nitrogens with one attached hydrogen (secondary N) is 2. The molecule has 1 amide bonds. The standard InChI is InChI=1S/C11H15N3O3/c1-4-5-12-10(15)9-8(14(2)3)6-7(13-9)11(16)17/h4,6,13H,1,5H2,2-3H3,(H,12,15)(H,16,17). The maximum atomic E-state index is 11.8. The first kappa shape index (κ1) is 12.8. The molecule has 0 saturated heterocycles. The molecule has 1 aromatic rings. The van der Waals surface area contributed by atoms with Crippen LogP contribution < -0.4 is 10.2 Å². The fourth-order valence-electron chi connectivity index (χ4n) is 1.34. The number of anilines is 1. The fraction of sp³-hybridized carbons (Fsp3) is 0.273. The van der Waals surface area contributed by atoms with Crippen molar-refractivity contribution >= 4 is 17.6 Å². The van der Waals surface area contributed by atoms with Crippen LogP contribution in [0.3, 0.4) is 0 Å². The third kappa shape index (κ3) is 2.87. The van der Waals surface area contributed by atoms with Crippen molar-refractivity contribution in [2.45, 2.75) is 0 Å². The number of aromatic carboxylic acids is 1. The van der Waals surface area contributed by atoms with E-state index in [-0.39, 0.29) is 17.3 Å². The van der Waals surface area contributed by atoms with Crippen molar-refractivity contribution in [3.8, 4) is 0 Å². The summed E-state index contributed by atoms with van der Waals surface area (Å²) >= 11 is 0. The van der Waals surface area contributed by atoms with Crippen LogP contribution in [0, 0.1) is 0 Å². The second-order valence-electron chi connectivity index (χ2n) is 3.64. The summed E-state index contributed by atoms with van der Waals surface area (Å²) in [5.74, 6) is -1.46. The number of rotatable bonds is 5. The van der Waals surface area contributed by atoms with E-state index in [2.05, 4.69) is 16.9 Å². The number of carboxylic acids is 1. The van der Waals surface area contributed by atoms with Crippen LogP contribution in [0.15, 0.2) is 18.7 Å². The molecule has 0 bridgehead atoms. The third-order valence-corrected chi connectivity index (χ3v) is 2.14. The molecule has 1 heterocycles. The fourth-order valence-corrected chi connectivity index (χ4v) is 1.34. The summed E-state index contributed by atoms with van der Waals surface area (Å²) in [6.07, 6.45) is 1.55. The lowest BCUT2D eigenvalue weighted by Gasteiger charge is -2.12. The predicted molar refractivity (Wildman–Crippen MR) is 64.6 cm³/mol. The zero-order valence-corrected chi connectivity index (χ0v) is 9.78. The highest BCUT2D eigenvalue weighted by molar-refractivity contribution is 6.01. The first-order chi connectivity index (χ1) is 7.97. The number of aromatic nitrogens is 1. The Morgan fingerprint density at radius 1 is 1.59 bits per heavy atom. The van der Waals surface area contributed by atoms with Gasteiger partial charge in [-0.3, -0.25) is 4.79 Å². The van der Waals surface area contributed by atoms with Gasteiger partial charge >= 0.3 is 5.97 Å². The van der Waals surface area contributed by atoms with E-state index in [4.69, 9.17) is 5.11 Å². The molecule has 0 unspecified atom stereocenters. The largest absolute Gasteiger partial charge is 0.477 e. The van der Waals surface area contributed by atoms with Gasteiger partial charge < -0.3 is 20.3 Å². The first-order valence-corrected chi connectivity index (χ1v) is 5.00. The zero-order valence-electron chi connectivity index (χ0n) is 9.78. The van der Waals surface area contributed by atoms with Crippen molar-refractivity contribution in [3.05, 3.63) is 30.1 Å². The molecule has 6 heteroatoms. The molecule has 0 spiro atoms. The molecule has 17 heavy (non-hydrogen) atoms. The lowest BCUT2D eigenvalue weighted by Crippen LogP contribution is -2.25. The summed E-state index contributed by atoms with van der Waals surface area (Å²) < 4.78 is 0. The maximum Gasteiger partial charge on any atom is 0.352 e. The van der Waals surface area contributed by atoms with Crippen molar-refractivity contribution in [2.75, 3.05) is 25.5 Å². The van der Waals surface area contributed by atoms with Crippen molar-refractivity contribution < 1.29 is 14.7 Å². The van der Waals surface area contributed by atoms with E-state index >= 15 is 0 Å². The van der Waals surface area contributed by atoms with Gasteiger partial charge in [-0.25, -0.2) is 4.79 Å². The Hall–Kier alpha value is -2.24. The van der Waals surface area contributed by atoms with Crippen molar-refractivity contribution in [1.29, 1.82) is 0 Å². The Labute approximate surface area is 98.9 Å². The third-order valence-electron chi connectivity index (χ3n) is 2.14. The summed E-state index contributed by atoms with van der Waals surface area (Å²) in [7, 11) is 3.47. The average molecular weight is 237 g/mol. The number of hydrogen-bond donors (Lipinski definition) is 3. The van der Waals surface area contributed by atoms with Gasteiger partial charge in [0.15, 0.2) is 0 Å². The lowest BCUT2D eigenvalue weighted by atomic mass is 10.3. The van der Waals surface area contributed by atoms with Crippen LogP contribution in [0.4, 0.5) is 5.69 Å². The molecular weight excluding hydrogens is 222 g/mol. The molecule has 0 aliphatic carbocycles. The second-order valence-corrected chi connectivity index (χ2v) is 3.64. The van der Waals surface area contributed by atoms with Crippen molar-refractivity contribution in [2.24, 2.45) is 0 Å². The highest BCUT2D eigenvalue weighted by Crippen LogP contribution is 2.19. The Kier molecular flexibility index (Phi) is 3.92. The Balaban J connectivity index is 3.07. The molecule has 0 aromatic carbocycles. The summed E-state index contributed by atoms with van der Waals surface area (Å²) in [5.41, 5.74) is 0.746. The van der Waals surface area contributed by atoms with Gasteiger partial charge in [0.1, 0.15) is 11.4 Å². The van der Waals surface area contributed by atoms with Crippen LogP contribution in [-0.4, -0.2) is 42.6 Å². The van der Waals surface area contributed by atoms with E-state index in [1.807, 2.05) is 0 Å². The van der Waals surface area contributed by atoms with E-state index in [0.717, 1.165) is 0 Å². The van der Waals surface area contributed by atoms with Crippen LogP contribution in [-0.2, 0) is 0 Å². The molecule has 0 radical (unpaired) electrons. The SMILES string of the molecule is C=CCNC(=O)c1[nH]c(C(=O)O)cc1N(C)C. The molecular formula is C11H15N3O3. The molecule has 6 nitrogen and oxygen atoms in total. The normalized spacial score (nSPS) is 9.76. The molecule has 0 aliphatic heterocycles. The first-order valence-electron chi connectivity index (χ1n) is 5.00. The summed E-state index contributed by atoms with van der Waals surface area (Å²) in [6, 6.07) is 1.42. The Morgan fingerprint density at radius 2 is 2.24 bits per heavy atom. The predicted octanol–water partition coefficient (Wildman–Crippen LogP) is 0.695. The number of hydrogen-bond acceptors (Lipinski definition) is 3. The Bertz CT molecular complexity index is 449. The molecule has 0 fully saturated rings. The lowest BCUT2D eigenvalue weighted by molar-refractivity contribution is 0.0691. The minimum atomic E-state index is -1.10. The van der Waals surface area contributed by atoms with E-state index in [1.54, 1.807) is 25.1 Å². The van der Waals surface area contributed by atoms with Gasteiger partial charge in [0.25, 0.3) is 5.91 Å². The molecule has 0 atom stereocenters. The number of nitrogens with zero attached hydrogens (tertiary/aromatic N) is 1. The van der Waals surface area contributed by atoms with Crippen LogP contribution in [0.2, 0.25) is 0 Å². The van der Waals surface area contributed by atoms with Crippen LogP contribution in [0.1, 0.15) is 21.0 Å². The highest BCUT2D eigenvalue weighted by Gasteiger charge is 2.19. The summed E-state index contributed by atoms with van der Waals surface area (Å²) in [6.45, 7) is 3.81. The van der Waals surface area contributed by atoms with Gasteiger partial charge in [0.05, 0.1) is 5.69 Å². The molecule has 92 valence electrons. The average Bonchev–Trinajstić information content (AvgIpc) is 2.70. The number of carbonyl (C=O) groups is 2. The number of carbonyl (C=O) groups excluding carboxylic acids is 1. The molecule has 0 aliphatic rings. The zero-order chi connectivity index (χ0) is 13.0. The van der Waals surface area contributed by atoms with Crippen LogP contribution in [0.5, 0.6) is 0 Å². The van der Waals surface area contributed by atoms with E-state index in [1.165, 1.54) is 6.07 Å². The van der Waals surface area contributed by atoms with Gasteiger partial charge in [0, 0.05) is 20.6 Å². The monoisotopic (exact) mass is 237 g/mol. The van der Waals surface area contributed by atoms with Gasteiger partial charge in [-0.15, -0.1) is 6.58 Å². The van der Waals surface area contributed by atoms with Gasteiger partial charge in [-0.2, -0.15) is 0 Å². The highest BCUT2D eigenvalue weighted by atomic mass is 16.4. The molecule has 0 saturated carbocycles. The Morgan fingerprint density at radius 3 is 2.71 bits per heavy atom. The number of carboxylic acid groups (broad SMARTS) is 1. The maximum absolute atomic E-state index is 11.8. The quantitative estimate of drug-likeness (QED) is 0.658. The van der Waals surface area contributed by atoms with Gasteiger partial charge in [-0.05, 0) is 6.07 Å². The van der Waals surface area contributed by atoms with Crippen LogP contribution >= 0.6 is 0 Å². The minimum absolute atomic E-state index is 0.0162. The van der Waals surface area contributed by atoms with E-state index in [9.17, 15) is 9.59 Å². The topological polar surface area (TPSA) is 85.4 Å². The van der Waals surface area contributed by atoms with E-state index in [0.29, 0.717) is 12.2 Å². The van der Waals surface area contributed by atoms with Crippen molar-refractivity contribution in [1.82, 2.24) is 10.3 Å². The molecule has 1 rings (SSSR count). The van der Waals surface area contributed by atoms with E-state index < -0.39 is 5.97 Å². The molecule has 3 N–H and O–H groups in total. The summed E-state index contributed by atoms with van der Waals surface area (Å²) in [4.78, 5) is 26.8.